The fourth-order valence-corrected chi connectivity index (χ4v) is 1.58. The second-order valence-corrected chi connectivity index (χ2v) is 3.83. The van der Waals surface area contributed by atoms with E-state index in [0.717, 1.165) is 17.7 Å². The van der Waals surface area contributed by atoms with Gasteiger partial charge in [0.05, 0.1) is 5.71 Å². The summed E-state index contributed by atoms with van der Waals surface area (Å²) in [6, 6.07) is 9.05. The van der Waals surface area contributed by atoms with Gasteiger partial charge in [0.2, 0.25) is 0 Å². The van der Waals surface area contributed by atoms with Crippen LogP contribution in [0.1, 0.15) is 23.7 Å². The van der Waals surface area contributed by atoms with Crippen LogP contribution in [0.15, 0.2) is 59.2 Å². The Morgan fingerprint density at radius 2 is 2.06 bits per heavy atom. The number of carbonyl (C=O) groups excluding carboxylic acids is 1. The van der Waals surface area contributed by atoms with Crippen molar-refractivity contribution in [2.75, 3.05) is 0 Å². The molecule has 0 spiro atoms. The molecule has 1 aliphatic carbocycles. The summed E-state index contributed by atoms with van der Waals surface area (Å²) in [5.41, 5.74) is 5.15. The molecule has 0 saturated carbocycles. The molecule has 3 nitrogen and oxygen atoms in total. The third-order valence-electron chi connectivity index (χ3n) is 2.60. The molecule has 1 aromatic rings. The van der Waals surface area contributed by atoms with Crippen LogP contribution in [-0.2, 0) is 0 Å². The van der Waals surface area contributed by atoms with E-state index in [2.05, 4.69) is 16.6 Å². The maximum Gasteiger partial charge on any atom is 0.271 e. The van der Waals surface area contributed by atoms with E-state index in [-0.39, 0.29) is 5.91 Å². The second kappa shape index (κ2) is 5.25. The first kappa shape index (κ1) is 11.3. The van der Waals surface area contributed by atoms with Crippen LogP contribution in [-0.4, -0.2) is 11.6 Å². The Morgan fingerprint density at radius 1 is 1.29 bits per heavy atom. The number of benzene rings is 1. The van der Waals surface area contributed by atoms with Gasteiger partial charge in [0.25, 0.3) is 5.91 Å². The van der Waals surface area contributed by atoms with E-state index >= 15 is 0 Å². The standard InChI is InChI=1S/C14H14N2O/c1-11(12-7-5-6-8-12)15-16-14(17)13-9-3-2-4-10-13/h2-7,9-10H,8H2,1H3,(H,16,17)/b15-11+. The van der Waals surface area contributed by atoms with Crippen LogP contribution >= 0.6 is 0 Å². The average Bonchev–Trinajstić information content (AvgIpc) is 2.90. The summed E-state index contributed by atoms with van der Waals surface area (Å²) in [6.45, 7) is 1.89. The molecule has 1 amide bonds. The Labute approximate surface area is 101 Å². The predicted octanol–water partition coefficient (Wildman–Crippen LogP) is 2.68. The fourth-order valence-electron chi connectivity index (χ4n) is 1.58. The van der Waals surface area contributed by atoms with Gasteiger partial charge in [0.15, 0.2) is 0 Å². The largest absolute Gasteiger partial charge is 0.271 e. The first-order valence-corrected chi connectivity index (χ1v) is 5.53. The Morgan fingerprint density at radius 3 is 2.71 bits per heavy atom. The second-order valence-electron chi connectivity index (χ2n) is 3.83. The molecule has 86 valence electrons. The van der Waals surface area contributed by atoms with Gasteiger partial charge in [0, 0.05) is 5.56 Å². The summed E-state index contributed by atoms with van der Waals surface area (Å²) in [7, 11) is 0. The Kier molecular flexibility index (Phi) is 3.50. The number of hydrazone groups is 1. The van der Waals surface area contributed by atoms with Crippen LogP contribution in [0, 0.1) is 0 Å². The quantitative estimate of drug-likeness (QED) is 0.624. The molecular formula is C14H14N2O. The molecule has 0 unspecified atom stereocenters. The highest BCUT2D eigenvalue weighted by Crippen LogP contribution is 2.11. The summed E-state index contributed by atoms with van der Waals surface area (Å²) in [5.74, 6) is -0.184. The summed E-state index contributed by atoms with van der Waals surface area (Å²) in [6.07, 6.45) is 6.95. The lowest BCUT2D eigenvalue weighted by molar-refractivity contribution is 0.0955. The minimum Gasteiger partial charge on any atom is -0.267 e. The van der Waals surface area contributed by atoms with Gasteiger partial charge in [-0.05, 0) is 31.1 Å². The van der Waals surface area contributed by atoms with Crippen LogP contribution in [0.25, 0.3) is 0 Å². The molecule has 0 aromatic heterocycles. The highest BCUT2D eigenvalue weighted by molar-refractivity contribution is 6.01. The normalized spacial score (nSPS) is 14.6. The van der Waals surface area contributed by atoms with Crippen LogP contribution in [0.3, 0.4) is 0 Å². The van der Waals surface area contributed by atoms with Crippen molar-refractivity contribution in [3.8, 4) is 0 Å². The molecular weight excluding hydrogens is 212 g/mol. The van der Waals surface area contributed by atoms with E-state index in [0.29, 0.717) is 5.56 Å². The van der Waals surface area contributed by atoms with Crippen molar-refractivity contribution in [1.82, 2.24) is 5.43 Å². The topological polar surface area (TPSA) is 41.5 Å². The number of hydrogen-bond acceptors (Lipinski definition) is 2. The molecule has 1 aliphatic rings. The van der Waals surface area contributed by atoms with Gasteiger partial charge in [0.1, 0.15) is 0 Å². The lowest BCUT2D eigenvalue weighted by Crippen LogP contribution is -2.19. The summed E-state index contributed by atoms with van der Waals surface area (Å²) >= 11 is 0. The Balaban J connectivity index is 1.98. The zero-order chi connectivity index (χ0) is 12.1. The maximum absolute atomic E-state index is 11.7. The maximum atomic E-state index is 11.7. The van der Waals surface area contributed by atoms with Gasteiger partial charge in [-0.25, -0.2) is 5.43 Å². The van der Waals surface area contributed by atoms with Crippen LogP contribution in [0.5, 0.6) is 0 Å². The lowest BCUT2D eigenvalue weighted by atomic mass is 10.1. The predicted molar refractivity (Wildman–Crippen MR) is 68.9 cm³/mol. The molecule has 0 heterocycles. The molecule has 1 aromatic carbocycles. The van der Waals surface area contributed by atoms with Gasteiger partial charge < -0.3 is 0 Å². The minimum absolute atomic E-state index is 0.184. The van der Waals surface area contributed by atoms with Crippen molar-refractivity contribution in [3.05, 3.63) is 59.7 Å². The first-order valence-electron chi connectivity index (χ1n) is 5.53. The molecule has 0 radical (unpaired) electrons. The SMILES string of the molecule is C/C(=N\NC(=O)c1ccccc1)C1=CC=CC1. The molecule has 0 saturated heterocycles. The third-order valence-corrected chi connectivity index (χ3v) is 2.60. The third kappa shape index (κ3) is 2.91. The Hall–Kier alpha value is -2.16. The van der Waals surface area contributed by atoms with Crippen LogP contribution in [0.2, 0.25) is 0 Å². The molecule has 17 heavy (non-hydrogen) atoms. The molecule has 0 fully saturated rings. The molecule has 1 N–H and O–H groups in total. The number of carbonyl (C=O) groups is 1. The van der Waals surface area contributed by atoms with Gasteiger partial charge in [-0.15, -0.1) is 0 Å². The van der Waals surface area contributed by atoms with Gasteiger partial charge >= 0.3 is 0 Å². The monoisotopic (exact) mass is 226 g/mol. The molecule has 0 atom stereocenters. The zero-order valence-corrected chi connectivity index (χ0v) is 9.68. The number of rotatable bonds is 3. The number of nitrogens with one attached hydrogen (secondary N) is 1. The van der Waals surface area contributed by atoms with Crippen molar-refractivity contribution < 1.29 is 4.79 Å². The van der Waals surface area contributed by atoms with Crippen molar-refractivity contribution >= 4 is 11.6 Å². The highest BCUT2D eigenvalue weighted by atomic mass is 16.2. The van der Waals surface area contributed by atoms with Gasteiger partial charge in [-0.2, -0.15) is 5.10 Å². The highest BCUT2D eigenvalue weighted by Gasteiger charge is 2.05. The number of hydrogen-bond donors (Lipinski definition) is 1. The molecule has 0 aliphatic heterocycles. The summed E-state index contributed by atoms with van der Waals surface area (Å²) in [5, 5.41) is 4.09. The number of allylic oxidation sites excluding steroid dienone is 4. The van der Waals surface area contributed by atoms with Crippen molar-refractivity contribution in [2.45, 2.75) is 13.3 Å². The lowest BCUT2D eigenvalue weighted by Gasteiger charge is -2.03. The van der Waals surface area contributed by atoms with Gasteiger partial charge in [-0.1, -0.05) is 36.4 Å². The van der Waals surface area contributed by atoms with E-state index in [1.807, 2.05) is 37.3 Å². The minimum atomic E-state index is -0.184. The van der Waals surface area contributed by atoms with E-state index in [9.17, 15) is 4.79 Å². The van der Waals surface area contributed by atoms with Crippen LogP contribution < -0.4 is 5.43 Å². The van der Waals surface area contributed by atoms with Crippen molar-refractivity contribution in [2.24, 2.45) is 5.10 Å². The van der Waals surface area contributed by atoms with Crippen molar-refractivity contribution in [3.63, 3.8) is 0 Å². The summed E-state index contributed by atoms with van der Waals surface area (Å²) in [4.78, 5) is 11.7. The molecule has 0 bridgehead atoms. The van der Waals surface area contributed by atoms with Crippen LogP contribution in [0.4, 0.5) is 0 Å². The van der Waals surface area contributed by atoms with Gasteiger partial charge in [-0.3, -0.25) is 4.79 Å². The van der Waals surface area contributed by atoms with Crippen molar-refractivity contribution in [1.29, 1.82) is 0 Å². The molecule has 3 heteroatoms. The zero-order valence-electron chi connectivity index (χ0n) is 9.68. The number of amides is 1. The van der Waals surface area contributed by atoms with E-state index in [4.69, 9.17) is 0 Å². The fraction of sp³-hybridized carbons (Fsp3) is 0.143. The van der Waals surface area contributed by atoms with E-state index in [1.54, 1.807) is 12.1 Å². The summed E-state index contributed by atoms with van der Waals surface area (Å²) < 4.78 is 0. The number of nitrogens with zero attached hydrogens (tertiary/aromatic N) is 1. The first-order chi connectivity index (χ1) is 8.27. The smallest absolute Gasteiger partial charge is 0.267 e. The molecule has 2 rings (SSSR count). The van der Waals surface area contributed by atoms with E-state index in [1.165, 1.54) is 0 Å². The van der Waals surface area contributed by atoms with E-state index < -0.39 is 0 Å². The average molecular weight is 226 g/mol. The Bertz CT molecular complexity index is 498.